The smallest absolute Gasteiger partial charge is 0.348 e. The standard InChI is InChI=1S/C19H17NO4S/c1-23-16-8-6-14(7-9-16)12-15(13-20)19(22)24-10-2-4-17(21)18-5-3-11-25-18/h3,5-9,11-12H,2,4,10H2,1H3/b15-12+. The zero-order valence-corrected chi connectivity index (χ0v) is 14.5. The minimum atomic E-state index is -0.693. The molecule has 0 saturated heterocycles. The molecule has 0 saturated carbocycles. The number of methoxy groups -OCH3 is 1. The predicted molar refractivity (Wildman–Crippen MR) is 95.4 cm³/mol. The van der Waals surface area contributed by atoms with Gasteiger partial charge in [-0.1, -0.05) is 18.2 Å². The van der Waals surface area contributed by atoms with Crippen molar-refractivity contribution in [1.29, 1.82) is 5.26 Å². The summed E-state index contributed by atoms with van der Waals surface area (Å²) in [4.78, 5) is 24.5. The van der Waals surface area contributed by atoms with Crippen LogP contribution in [-0.4, -0.2) is 25.5 Å². The number of benzene rings is 1. The van der Waals surface area contributed by atoms with Crippen LogP contribution in [-0.2, 0) is 9.53 Å². The maximum Gasteiger partial charge on any atom is 0.348 e. The van der Waals surface area contributed by atoms with E-state index >= 15 is 0 Å². The second kappa shape index (κ2) is 9.40. The van der Waals surface area contributed by atoms with Gasteiger partial charge < -0.3 is 9.47 Å². The fraction of sp³-hybridized carbons (Fsp3) is 0.211. The molecule has 0 atom stereocenters. The maximum absolute atomic E-state index is 12.0. The van der Waals surface area contributed by atoms with Gasteiger partial charge in [0, 0.05) is 6.42 Å². The number of nitrogens with zero attached hydrogens (tertiary/aromatic N) is 1. The Bertz CT molecular complexity index is 786. The highest BCUT2D eigenvalue weighted by molar-refractivity contribution is 7.12. The molecule has 5 nitrogen and oxygen atoms in total. The molecule has 0 N–H and O–H groups in total. The van der Waals surface area contributed by atoms with Gasteiger partial charge in [0.05, 0.1) is 18.6 Å². The largest absolute Gasteiger partial charge is 0.497 e. The highest BCUT2D eigenvalue weighted by atomic mass is 32.1. The van der Waals surface area contributed by atoms with Crippen molar-refractivity contribution < 1.29 is 19.1 Å². The molecule has 128 valence electrons. The van der Waals surface area contributed by atoms with Crippen LogP contribution < -0.4 is 4.74 Å². The first-order valence-electron chi connectivity index (χ1n) is 7.63. The molecule has 25 heavy (non-hydrogen) atoms. The fourth-order valence-corrected chi connectivity index (χ4v) is 2.73. The number of Topliss-reactive ketones (excluding diaryl/α,β-unsaturated/α-hetero) is 1. The Morgan fingerprint density at radius 1 is 1.24 bits per heavy atom. The van der Waals surface area contributed by atoms with Crippen molar-refractivity contribution in [2.75, 3.05) is 13.7 Å². The van der Waals surface area contributed by atoms with Gasteiger partial charge in [-0.05, 0) is 41.6 Å². The highest BCUT2D eigenvalue weighted by Gasteiger charge is 2.12. The third kappa shape index (κ3) is 5.59. The van der Waals surface area contributed by atoms with Crippen LogP contribution in [0.5, 0.6) is 5.75 Å². The van der Waals surface area contributed by atoms with Gasteiger partial charge in [0.2, 0.25) is 0 Å². The normalized spacial score (nSPS) is 10.8. The van der Waals surface area contributed by atoms with Gasteiger partial charge in [-0.15, -0.1) is 11.3 Å². The van der Waals surface area contributed by atoms with Crippen molar-refractivity contribution in [2.24, 2.45) is 0 Å². The molecule has 0 radical (unpaired) electrons. The van der Waals surface area contributed by atoms with Crippen LogP contribution in [0.2, 0.25) is 0 Å². The molecule has 6 heteroatoms. The van der Waals surface area contributed by atoms with Gasteiger partial charge >= 0.3 is 5.97 Å². The quantitative estimate of drug-likeness (QED) is 0.236. The van der Waals surface area contributed by atoms with E-state index in [2.05, 4.69) is 0 Å². The van der Waals surface area contributed by atoms with E-state index in [0.717, 1.165) is 0 Å². The van der Waals surface area contributed by atoms with Crippen molar-refractivity contribution in [3.8, 4) is 11.8 Å². The Hall–Kier alpha value is -2.91. The number of carbonyl (C=O) groups excluding carboxylic acids is 2. The average Bonchev–Trinajstić information content (AvgIpc) is 3.18. The lowest BCUT2D eigenvalue weighted by atomic mass is 10.1. The van der Waals surface area contributed by atoms with Gasteiger partial charge in [-0.3, -0.25) is 4.79 Å². The molecule has 0 unspecified atom stereocenters. The Kier molecular flexibility index (Phi) is 6.93. The Morgan fingerprint density at radius 3 is 2.60 bits per heavy atom. The lowest BCUT2D eigenvalue weighted by Crippen LogP contribution is -2.09. The molecular formula is C19H17NO4S. The number of rotatable bonds is 8. The van der Waals surface area contributed by atoms with E-state index in [0.29, 0.717) is 29.0 Å². The Morgan fingerprint density at radius 2 is 2.00 bits per heavy atom. The third-order valence-corrected chi connectivity index (χ3v) is 4.26. The molecule has 0 spiro atoms. The Labute approximate surface area is 150 Å². The first-order chi connectivity index (χ1) is 12.1. The molecule has 0 aliphatic carbocycles. The van der Waals surface area contributed by atoms with Crippen LogP contribution in [0.4, 0.5) is 0 Å². The van der Waals surface area contributed by atoms with Crippen LogP contribution in [0.1, 0.15) is 28.1 Å². The summed E-state index contributed by atoms with van der Waals surface area (Å²) in [6, 6.07) is 12.4. The van der Waals surface area contributed by atoms with E-state index in [9.17, 15) is 9.59 Å². The van der Waals surface area contributed by atoms with E-state index in [1.54, 1.807) is 37.4 Å². The minimum Gasteiger partial charge on any atom is -0.497 e. The van der Waals surface area contributed by atoms with E-state index in [1.165, 1.54) is 17.4 Å². The summed E-state index contributed by atoms with van der Waals surface area (Å²) >= 11 is 1.39. The zero-order chi connectivity index (χ0) is 18.1. The molecule has 0 bridgehead atoms. The minimum absolute atomic E-state index is 0.0281. The summed E-state index contributed by atoms with van der Waals surface area (Å²) in [5.41, 5.74) is 0.608. The molecule has 0 aliphatic rings. The summed E-state index contributed by atoms with van der Waals surface area (Å²) in [5.74, 6) is 0.0239. The molecule has 2 aromatic rings. The Balaban J connectivity index is 1.84. The number of ether oxygens (including phenoxy) is 2. The highest BCUT2D eigenvalue weighted by Crippen LogP contribution is 2.15. The van der Waals surface area contributed by atoms with E-state index in [1.807, 2.05) is 17.5 Å². The van der Waals surface area contributed by atoms with Crippen molar-refractivity contribution in [3.05, 3.63) is 57.8 Å². The molecule has 2 rings (SSSR count). The third-order valence-electron chi connectivity index (χ3n) is 3.34. The summed E-state index contributed by atoms with van der Waals surface area (Å²) in [7, 11) is 1.56. The van der Waals surface area contributed by atoms with Crippen LogP contribution in [0.15, 0.2) is 47.4 Å². The van der Waals surface area contributed by atoms with E-state index in [4.69, 9.17) is 14.7 Å². The van der Waals surface area contributed by atoms with Gasteiger partial charge in [0.25, 0.3) is 0 Å². The van der Waals surface area contributed by atoms with Gasteiger partial charge in [0.1, 0.15) is 17.4 Å². The number of ketones is 1. The molecule has 1 heterocycles. The SMILES string of the molecule is COc1ccc(/C=C(\C#N)C(=O)OCCCC(=O)c2cccs2)cc1. The van der Waals surface area contributed by atoms with Crippen LogP contribution in [0, 0.1) is 11.3 Å². The first kappa shape index (κ1) is 18.4. The van der Waals surface area contributed by atoms with E-state index < -0.39 is 5.97 Å². The summed E-state index contributed by atoms with van der Waals surface area (Å²) < 4.78 is 10.1. The number of hydrogen-bond donors (Lipinski definition) is 0. The molecule has 1 aromatic carbocycles. The second-order valence-electron chi connectivity index (χ2n) is 5.08. The summed E-state index contributed by atoms with van der Waals surface area (Å²) in [6.07, 6.45) is 2.18. The number of hydrogen-bond acceptors (Lipinski definition) is 6. The van der Waals surface area contributed by atoms with E-state index in [-0.39, 0.29) is 18.0 Å². The number of nitriles is 1. The summed E-state index contributed by atoms with van der Waals surface area (Å²) in [6.45, 7) is 0.0948. The molecule has 0 aliphatic heterocycles. The molecule has 0 fully saturated rings. The lowest BCUT2D eigenvalue weighted by molar-refractivity contribution is -0.138. The fourth-order valence-electron chi connectivity index (χ4n) is 2.04. The molecule has 0 amide bonds. The van der Waals surface area contributed by atoms with Gasteiger partial charge in [-0.2, -0.15) is 5.26 Å². The maximum atomic E-state index is 12.0. The average molecular weight is 355 g/mol. The molecular weight excluding hydrogens is 338 g/mol. The number of thiophene rings is 1. The number of esters is 1. The lowest BCUT2D eigenvalue weighted by Gasteiger charge is -2.04. The monoisotopic (exact) mass is 355 g/mol. The van der Waals surface area contributed by atoms with Crippen molar-refractivity contribution in [3.63, 3.8) is 0 Å². The van der Waals surface area contributed by atoms with Crippen LogP contribution in [0.25, 0.3) is 6.08 Å². The van der Waals surface area contributed by atoms with Gasteiger partial charge in [0.15, 0.2) is 5.78 Å². The molecule has 1 aromatic heterocycles. The van der Waals surface area contributed by atoms with Crippen LogP contribution >= 0.6 is 11.3 Å². The number of carbonyl (C=O) groups is 2. The topological polar surface area (TPSA) is 76.4 Å². The predicted octanol–water partition coefficient (Wildman–Crippen LogP) is 3.87. The van der Waals surface area contributed by atoms with Crippen LogP contribution in [0.3, 0.4) is 0 Å². The van der Waals surface area contributed by atoms with Crippen molar-refractivity contribution >= 4 is 29.2 Å². The van der Waals surface area contributed by atoms with Gasteiger partial charge in [-0.25, -0.2) is 4.79 Å². The van der Waals surface area contributed by atoms with Crippen molar-refractivity contribution in [1.82, 2.24) is 0 Å². The van der Waals surface area contributed by atoms with Crippen molar-refractivity contribution in [2.45, 2.75) is 12.8 Å². The first-order valence-corrected chi connectivity index (χ1v) is 8.51. The zero-order valence-electron chi connectivity index (χ0n) is 13.7. The summed E-state index contributed by atoms with van der Waals surface area (Å²) in [5, 5.41) is 11.0. The second-order valence-corrected chi connectivity index (χ2v) is 6.03.